The Bertz CT molecular complexity index is 582. The van der Waals surface area contributed by atoms with E-state index in [4.69, 9.17) is 32.7 Å². The van der Waals surface area contributed by atoms with Crippen molar-refractivity contribution in [1.82, 2.24) is 0 Å². The van der Waals surface area contributed by atoms with E-state index in [0.717, 1.165) is 5.56 Å². The lowest BCUT2D eigenvalue weighted by atomic mass is 10.2. The first-order valence-corrected chi connectivity index (χ1v) is 6.68. The number of carbonyl (C=O) groups excluding carboxylic acids is 1. The molecule has 0 aliphatic carbocycles. The fraction of sp³-hybridized carbons (Fsp3) is 0.133. The van der Waals surface area contributed by atoms with Crippen LogP contribution in [0.4, 0.5) is 0 Å². The molecule has 2 rings (SSSR count). The van der Waals surface area contributed by atoms with Crippen molar-refractivity contribution in [2.24, 2.45) is 0 Å². The van der Waals surface area contributed by atoms with Crippen LogP contribution in [0.2, 0.25) is 10.0 Å². The van der Waals surface area contributed by atoms with E-state index < -0.39 is 5.97 Å². The number of halogens is 2. The average Bonchev–Trinajstić information content (AvgIpc) is 2.46. The maximum Gasteiger partial charge on any atom is 0.344 e. The summed E-state index contributed by atoms with van der Waals surface area (Å²) in [5.74, 6) is -0.00233. The predicted molar refractivity (Wildman–Crippen MR) is 78.2 cm³/mol. The molecule has 0 saturated heterocycles. The highest BCUT2D eigenvalue weighted by molar-refractivity contribution is 6.32. The van der Waals surface area contributed by atoms with Gasteiger partial charge < -0.3 is 9.47 Å². The van der Waals surface area contributed by atoms with Crippen LogP contribution in [0, 0.1) is 0 Å². The third-order valence-corrected chi connectivity index (χ3v) is 3.06. The van der Waals surface area contributed by atoms with Crippen molar-refractivity contribution in [3.63, 3.8) is 0 Å². The molecule has 0 bridgehead atoms. The predicted octanol–water partition coefficient (Wildman–Crippen LogP) is 4.12. The molecule has 3 nitrogen and oxygen atoms in total. The quantitative estimate of drug-likeness (QED) is 0.779. The number of ether oxygens (including phenoxy) is 2. The fourth-order valence-electron chi connectivity index (χ4n) is 1.48. The van der Waals surface area contributed by atoms with Gasteiger partial charge in [-0.15, -0.1) is 0 Å². The minimum atomic E-state index is -0.458. The maximum atomic E-state index is 11.6. The van der Waals surface area contributed by atoms with Gasteiger partial charge in [0.1, 0.15) is 12.4 Å². The van der Waals surface area contributed by atoms with Crippen molar-refractivity contribution >= 4 is 29.2 Å². The molecule has 0 fully saturated rings. The van der Waals surface area contributed by atoms with E-state index in [1.54, 1.807) is 48.5 Å². The van der Waals surface area contributed by atoms with E-state index in [2.05, 4.69) is 0 Å². The van der Waals surface area contributed by atoms with Gasteiger partial charge in [0.15, 0.2) is 6.61 Å². The summed E-state index contributed by atoms with van der Waals surface area (Å²) in [6.07, 6.45) is 0. The van der Waals surface area contributed by atoms with Crippen LogP contribution in [-0.2, 0) is 16.1 Å². The summed E-state index contributed by atoms with van der Waals surface area (Å²) in [4.78, 5) is 11.6. The molecule has 0 spiro atoms. The second-order valence-corrected chi connectivity index (χ2v) is 4.85. The minimum Gasteiger partial charge on any atom is -0.480 e. The van der Waals surface area contributed by atoms with E-state index in [0.29, 0.717) is 15.8 Å². The van der Waals surface area contributed by atoms with Crippen molar-refractivity contribution in [3.05, 3.63) is 64.1 Å². The molecular formula is C15H12Cl2O3. The first kappa shape index (κ1) is 14.7. The zero-order valence-electron chi connectivity index (χ0n) is 10.5. The number of hydrogen-bond acceptors (Lipinski definition) is 3. The molecule has 2 aromatic carbocycles. The van der Waals surface area contributed by atoms with Gasteiger partial charge in [0.25, 0.3) is 0 Å². The summed E-state index contributed by atoms with van der Waals surface area (Å²) in [5.41, 5.74) is 0.862. The number of esters is 1. The molecule has 0 aromatic heterocycles. The molecule has 0 atom stereocenters. The highest BCUT2D eigenvalue weighted by Crippen LogP contribution is 2.22. The van der Waals surface area contributed by atoms with Crippen LogP contribution >= 0.6 is 23.2 Å². The van der Waals surface area contributed by atoms with Crippen molar-refractivity contribution < 1.29 is 14.3 Å². The van der Waals surface area contributed by atoms with Gasteiger partial charge in [0.2, 0.25) is 0 Å². The molecule has 2 aromatic rings. The molecule has 0 heterocycles. The molecule has 104 valence electrons. The summed E-state index contributed by atoms with van der Waals surface area (Å²) in [6, 6.07) is 14.0. The van der Waals surface area contributed by atoms with Gasteiger partial charge in [-0.25, -0.2) is 4.79 Å². The molecule has 0 aliphatic heterocycles. The van der Waals surface area contributed by atoms with Crippen molar-refractivity contribution in [1.29, 1.82) is 0 Å². The monoisotopic (exact) mass is 310 g/mol. The smallest absolute Gasteiger partial charge is 0.344 e. The number of carbonyl (C=O) groups is 1. The first-order chi connectivity index (χ1) is 9.65. The Morgan fingerprint density at radius 1 is 1.00 bits per heavy atom. The summed E-state index contributed by atoms with van der Waals surface area (Å²) < 4.78 is 10.4. The van der Waals surface area contributed by atoms with Crippen LogP contribution in [0.15, 0.2) is 48.5 Å². The van der Waals surface area contributed by atoms with Crippen LogP contribution < -0.4 is 4.74 Å². The lowest BCUT2D eigenvalue weighted by molar-refractivity contribution is -0.147. The summed E-state index contributed by atoms with van der Waals surface area (Å²) in [5, 5.41) is 1.10. The standard InChI is InChI=1S/C15H12Cl2O3/c16-12-7-5-11(6-8-12)9-20-15(18)10-19-14-4-2-1-3-13(14)17/h1-8H,9-10H2. The second kappa shape index (κ2) is 7.17. The molecule has 0 saturated carbocycles. The lowest BCUT2D eigenvalue weighted by Gasteiger charge is -2.08. The second-order valence-electron chi connectivity index (χ2n) is 4.01. The zero-order valence-corrected chi connectivity index (χ0v) is 12.0. The van der Waals surface area contributed by atoms with E-state index in [9.17, 15) is 4.79 Å². The van der Waals surface area contributed by atoms with Gasteiger partial charge in [0, 0.05) is 5.02 Å². The maximum absolute atomic E-state index is 11.6. The van der Waals surface area contributed by atoms with Crippen LogP contribution in [-0.4, -0.2) is 12.6 Å². The Balaban J connectivity index is 1.78. The van der Waals surface area contributed by atoms with Crippen molar-refractivity contribution in [3.8, 4) is 5.75 Å². The van der Waals surface area contributed by atoms with Crippen LogP contribution in [0.3, 0.4) is 0 Å². The third kappa shape index (κ3) is 4.44. The Kier molecular flexibility index (Phi) is 5.27. The average molecular weight is 311 g/mol. The number of benzene rings is 2. The third-order valence-electron chi connectivity index (χ3n) is 2.50. The Hall–Kier alpha value is -1.71. The number of hydrogen-bond donors (Lipinski definition) is 0. The van der Waals surface area contributed by atoms with Gasteiger partial charge in [-0.3, -0.25) is 0 Å². The number of para-hydroxylation sites is 1. The van der Waals surface area contributed by atoms with Gasteiger partial charge in [-0.05, 0) is 29.8 Å². The molecule has 0 N–H and O–H groups in total. The van der Waals surface area contributed by atoms with Crippen LogP contribution in [0.25, 0.3) is 0 Å². The highest BCUT2D eigenvalue weighted by Gasteiger charge is 2.06. The van der Waals surface area contributed by atoms with Crippen LogP contribution in [0.1, 0.15) is 5.56 Å². The molecular weight excluding hydrogens is 299 g/mol. The fourth-order valence-corrected chi connectivity index (χ4v) is 1.80. The normalized spacial score (nSPS) is 10.1. The van der Waals surface area contributed by atoms with Crippen molar-refractivity contribution in [2.75, 3.05) is 6.61 Å². The van der Waals surface area contributed by atoms with E-state index in [-0.39, 0.29) is 13.2 Å². The lowest BCUT2D eigenvalue weighted by Crippen LogP contribution is -2.14. The van der Waals surface area contributed by atoms with Gasteiger partial charge in [-0.1, -0.05) is 47.5 Å². The molecule has 0 aliphatic rings. The highest BCUT2D eigenvalue weighted by atomic mass is 35.5. The summed E-state index contributed by atoms with van der Waals surface area (Å²) in [7, 11) is 0. The largest absolute Gasteiger partial charge is 0.480 e. The van der Waals surface area contributed by atoms with Gasteiger partial charge in [0.05, 0.1) is 5.02 Å². The first-order valence-electron chi connectivity index (χ1n) is 5.92. The molecule has 5 heteroatoms. The van der Waals surface area contributed by atoms with Crippen molar-refractivity contribution in [2.45, 2.75) is 6.61 Å². The Morgan fingerprint density at radius 3 is 2.40 bits per heavy atom. The molecule has 0 amide bonds. The minimum absolute atomic E-state index is 0.182. The summed E-state index contributed by atoms with van der Waals surface area (Å²) >= 11 is 11.7. The van der Waals surface area contributed by atoms with Gasteiger partial charge in [-0.2, -0.15) is 0 Å². The van der Waals surface area contributed by atoms with Crippen LogP contribution in [0.5, 0.6) is 5.75 Å². The molecule has 0 unspecified atom stereocenters. The molecule has 20 heavy (non-hydrogen) atoms. The Labute approximate surface area is 127 Å². The SMILES string of the molecule is O=C(COc1ccccc1Cl)OCc1ccc(Cl)cc1. The summed E-state index contributed by atoms with van der Waals surface area (Å²) in [6.45, 7) is -0.000787. The zero-order chi connectivity index (χ0) is 14.4. The van der Waals surface area contributed by atoms with E-state index in [1.807, 2.05) is 0 Å². The van der Waals surface area contributed by atoms with E-state index in [1.165, 1.54) is 0 Å². The van der Waals surface area contributed by atoms with Gasteiger partial charge >= 0.3 is 5.97 Å². The van der Waals surface area contributed by atoms with E-state index >= 15 is 0 Å². The molecule has 0 radical (unpaired) electrons. The number of rotatable bonds is 5. The topological polar surface area (TPSA) is 35.5 Å². The Morgan fingerprint density at radius 2 is 1.70 bits per heavy atom.